The van der Waals surface area contributed by atoms with Crippen LogP contribution in [0.1, 0.15) is 16.1 Å². The lowest BCUT2D eigenvalue weighted by Crippen LogP contribution is -2.00. The summed E-state index contributed by atoms with van der Waals surface area (Å²) in [6.07, 6.45) is 1.33. The lowest BCUT2D eigenvalue weighted by atomic mass is 10.2. The second-order valence-electron chi connectivity index (χ2n) is 3.46. The van der Waals surface area contributed by atoms with Crippen molar-refractivity contribution in [3.8, 4) is 0 Å². The SMILES string of the molecule is O=C(O)c1cc(CNc2ccccc2F)co1. The fraction of sp³-hybridized carbons (Fsp3) is 0.0833. The van der Waals surface area contributed by atoms with Gasteiger partial charge >= 0.3 is 5.97 Å². The Bertz CT molecular complexity index is 536. The van der Waals surface area contributed by atoms with Crippen molar-refractivity contribution in [3.63, 3.8) is 0 Å². The summed E-state index contributed by atoms with van der Waals surface area (Å²) < 4.78 is 18.1. The molecule has 0 amide bonds. The Morgan fingerprint density at radius 3 is 2.82 bits per heavy atom. The normalized spacial score (nSPS) is 10.2. The van der Waals surface area contributed by atoms with E-state index in [9.17, 15) is 9.18 Å². The molecule has 0 aliphatic rings. The van der Waals surface area contributed by atoms with Gasteiger partial charge in [-0.15, -0.1) is 0 Å². The van der Waals surface area contributed by atoms with Crippen LogP contribution >= 0.6 is 0 Å². The third kappa shape index (κ3) is 2.63. The average Bonchev–Trinajstić information content (AvgIpc) is 2.77. The predicted octanol–water partition coefficient (Wildman–Crippen LogP) is 2.73. The van der Waals surface area contributed by atoms with Crippen LogP contribution in [-0.2, 0) is 6.54 Å². The number of aromatic carboxylic acids is 1. The molecule has 0 saturated heterocycles. The molecule has 1 aromatic heterocycles. The highest BCUT2D eigenvalue weighted by atomic mass is 19.1. The van der Waals surface area contributed by atoms with Crippen molar-refractivity contribution < 1.29 is 18.7 Å². The highest BCUT2D eigenvalue weighted by molar-refractivity contribution is 5.84. The summed E-state index contributed by atoms with van der Waals surface area (Å²) >= 11 is 0. The van der Waals surface area contributed by atoms with Crippen LogP contribution in [0.15, 0.2) is 41.0 Å². The number of carboxylic acid groups (broad SMARTS) is 1. The number of halogens is 1. The lowest BCUT2D eigenvalue weighted by molar-refractivity contribution is 0.0662. The van der Waals surface area contributed by atoms with Gasteiger partial charge in [0.1, 0.15) is 5.82 Å². The van der Waals surface area contributed by atoms with Crippen molar-refractivity contribution in [1.82, 2.24) is 0 Å². The van der Waals surface area contributed by atoms with E-state index in [1.54, 1.807) is 18.2 Å². The maximum Gasteiger partial charge on any atom is 0.371 e. The summed E-state index contributed by atoms with van der Waals surface area (Å²) in [7, 11) is 0. The van der Waals surface area contributed by atoms with Gasteiger partial charge in [-0.2, -0.15) is 0 Å². The first-order valence-corrected chi connectivity index (χ1v) is 4.96. The summed E-state index contributed by atoms with van der Waals surface area (Å²) in [6.45, 7) is 0.303. The average molecular weight is 235 g/mol. The lowest BCUT2D eigenvalue weighted by Gasteiger charge is -2.04. The van der Waals surface area contributed by atoms with E-state index in [2.05, 4.69) is 5.32 Å². The number of hydrogen-bond donors (Lipinski definition) is 2. The summed E-state index contributed by atoms with van der Waals surface area (Å²) in [6, 6.07) is 7.66. The van der Waals surface area contributed by atoms with Gasteiger partial charge in [-0.05, 0) is 18.2 Å². The molecule has 0 atom stereocenters. The van der Waals surface area contributed by atoms with E-state index in [0.29, 0.717) is 17.8 Å². The van der Waals surface area contributed by atoms with E-state index in [4.69, 9.17) is 9.52 Å². The van der Waals surface area contributed by atoms with Crippen molar-refractivity contribution in [2.24, 2.45) is 0 Å². The number of benzene rings is 1. The molecule has 0 bridgehead atoms. The van der Waals surface area contributed by atoms with Crippen molar-refractivity contribution >= 4 is 11.7 Å². The van der Waals surface area contributed by atoms with E-state index < -0.39 is 5.97 Å². The van der Waals surface area contributed by atoms with E-state index in [1.807, 2.05) is 0 Å². The Hall–Kier alpha value is -2.30. The monoisotopic (exact) mass is 235 g/mol. The quantitative estimate of drug-likeness (QED) is 0.855. The van der Waals surface area contributed by atoms with Crippen LogP contribution in [0.3, 0.4) is 0 Å². The van der Waals surface area contributed by atoms with Gasteiger partial charge in [0.2, 0.25) is 5.76 Å². The van der Waals surface area contributed by atoms with Crippen LogP contribution < -0.4 is 5.32 Å². The molecule has 0 spiro atoms. The minimum absolute atomic E-state index is 0.129. The summed E-state index contributed by atoms with van der Waals surface area (Å²) in [5, 5.41) is 11.5. The van der Waals surface area contributed by atoms with E-state index in [-0.39, 0.29) is 11.6 Å². The number of rotatable bonds is 4. The molecule has 0 unspecified atom stereocenters. The van der Waals surface area contributed by atoms with Crippen molar-refractivity contribution in [2.75, 3.05) is 5.32 Å². The number of furan rings is 1. The Labute approximate surface area is 96.7 Å². The number of nitrogens with one attached hydrogen (secondary N) is 1. The fourth-order valence-corrected chi connectivity index (χ4v) is 1.38. The van der Waals surface area contributed by atoms with Gasteiger partial charge in [-0.3, -0.25) is 0 Å². The number of carboxylic acids is 1. The Kier molecular flexibility index (Phi) is 3.09. The standard InChI is InChI=1S/C12H10FNO3/c13-9-3-1-2-4-10(9)14-6-8-5-11(12(15)16)17-7-8/h1-5,7,14H,6H2,(H,15,16). The van der Waals surface area contributed by atoms with Gasteiger partial charge < -0.3 is 14.8 Å². The van der Waals surface area contributed by atoms with Crippen molar-refractivity contribution in [2.45, 2.75) is 6.54 Å². The van der Waals surface area contributed by atoms with Gasteiger partial charge in [0.25, 0.3) is 0 Å². The van der Waals surface area contributed by atoms with Gasteiger partial charge in [0.15, 0.2) is 0 Å². The molecular weight excluding hydrogens is 225 g/mol. The fourth-order valence-electron chi connectivity index (χ4n) is 1.38. The molecule has 4 nitrogen and oxygen atoms in total. The highest BCUT2D eigenvalue weighted by Gasteiger charge is 2.09. The molecule has 2 N–H and O–H groups in total. The Morgan fingerprint density at radius 1 is 1.41 bits per heavy atom. The number of anilines is 1. The Morgan fingerprint density at radius 2 is 2.18 bits per heavy atom. The molecule has 0 aliphatic heterocycles. The first-order valence-electron chi connectivity index (χ1n) is 4.96. The molecule has 0 fully saturated rings. The summed E-state index contributed by atoms with van der Waals surface area (Å²) in [5.74, 6) is -1.60. The molecule has 1 heterocycles. The maximum absolute atomic E-state index is 13.2. The van der Waals surface area contributed by atoms with Crippen LogP contribution in [0.2, 0.25) is 0 Å². The van der Waals surface area contributed by atoms with E-state index in [0.717, 1.165) is 0 Å². The molecule has 2 aromatic rings. The van der Waals surface area contributed by atoms with Crippen LogP contribution in [0.4, 0.5) is 10.1 Å². The van der Waals surface area contributed by atoms with Gasteiger partial charge in [-0.25, -0.2) is 9.18 Å². The number of carbonyl (C=O) groups is 1. The first kappa shape index (κ1) is 11.2. The number of hydrogen-bond acceptors (Lipinski definition) is 3. The van der Waals surface area contributed by atoms with Crippen LogP contribution in [0.5, 0.6) is 0 Å². The van der Waals surface area contributed by atoms with E-state index in [1.165, 1.54) is 18.4 Å². The molecule has 88 valence electrons. The van der Waals surface area contributed by atoms with Gasteiger partial charge in [0, 0.05) is 12.1 Å². The Balaban J connectivity index is 2.02. The van der Waals surface area contributed by atoms with Crippen molar-refractivity contribution in [1.29, 1.82) is 0 Å². The zero-order chi connectivity index (χ0) is 12.3. The maximum atomic E-state index is 13.2. The largest absolute Gasteiger partial charge is 0.475 e. The third-order valence-corrected chi connectivity index (χ3v) is 2.22. The van der Waals surface area contributed by atoms with E-state index >= 15 is 0 Å². The molecule has 17 heavy (non-hydrogen) atoms. The molecule has 0 aliphatic carbocycles. The van der Waals surface area contributed by atoms with Crippen LogP contribution in [0.25, 0.3) is 0 Å². The highest BCUT2D eigenvalue weighted by Crippen LogP contribution is 2.15. The summed E-state index contributed by atoms with van der Waals surface area (Å²) in [4.78, 5) is 10.6. The molecule has 0 radical (unpaired) electrons. The predicted molar refractivity (Wildman–Crippen MR) is 59.4 cm³/mol. The molecule has 2 rings (SSSR count). The smallest absolute Gasteiger partial charge is 0.371 e. The van der Waals surface area contributed by atoms with Crippen LogP contribution in [0, 0.1) is 5.82 Å². The minimum Gasteiger partial charge on any atom is -0.475 e. The molecular formula is C12H10FNO3. The molecule has 1 aromatic carbocycles. The second-order valence-corrected chi connectivity index (χ2v) is 3.46. The topological polar surface area (TPSA) is 62.5 Å². The second kappa shape index (κ2) is 4.69. The number of para-hydroxylation sites is 1. The van der Waals surface area contributed by atoms with Crippen LogP contribution in [-0.4, -0.2) is 11.1 Å². The van der Waals surface area contributed by atoms with Gasteiger partial charge in [-0.1, -0.05) is 12.1 Å². The first-order chi connectivity index (χ1) is 8.16. The summed E-state index contributed by atoms with van der Waals surface area (Å²) in [5.41, 5.74) is 1.01. The third-order valence-electron chi connectivity index (χ3n) is 2.22. The minimum atomic E-state index is -1.12. The van der Waals surface area contributed by atoms with Crippen molar-refractivity contribution in [3.05, 3.63) is 53.7 Å². The molecule has 5 heteroatoms. The zero-order valence-corrected chi connectivity index (χ0v) is 8.81. The zero-order valence-electron chi connectivity index (χ0n) is 8.81. The molecule has 0 saturated carbocycles. The van der Waals surface area contributed by atoms with Gasteiger partial charge in [0.05, 0.1) is 12.0 Å².